The van der Waals surface area contributed by atoms with Gasteiger partial charge in [-0.1, -0.05) is 6.07 Å². The summed E-state index contributed by atoms with van der Waals surface area (Å²) >= 11 is 0. The van der Waals surface area contributed by atoms with E-state index in [2.05, 4.69) is 20.2 Å². The molecule has 0 amide bonds. The normalized spacial score (nSPS) is 10.4. The fraction of sp³-hybridized carbons (Fsp3) is 0.0667. The van der Waals surface area contributed by atoms with Gasteiger partial charge in [0, 0.05) is 36.1 Å². The molecule has 1 N–H and O–H groups in total. The van der Waals surface area contributed by atoms with Crippen LogP contribution in [0.5, 0.6) is 0 Å². The van der Waals surface area contributed by atoms with Crippen LogP contribution in [-0.4, -0.2) is 26.5 Å². The van der Waals surface area contributed by atoms with E-state index in [1.165, 1.54) is 0 Å². The third kappa shape index (κ3) is 2.21. The maximum atomic E-state index is 10.8. The Morgan fingerprint density at radius 3 is 2.65 bits per heavy atom. The first-order chi connectivity index (χ1) is 9.90. The quantitative estimate of drug-likeness (QED) is 0.734. The Balaban J connectivity index is 2.18. The first-order valence-electron chi connectivity index (χ1n) is 6.22. The molecule has 0 spiro atoms. The predicted molar refractivity (Wildman–Crippen MR) is 74.8 cm³/mol. The SMILES string of the molecule is O=CCc1cccnc1-c1cccnc1-c1cn[nH]c1. The first-order valence-corrected chi connectivity index (χ1v) is 6.22. The van der Waals surface area contributed by atoms with Gasteiger partial charge in [-0.15, -0.1) is 0 Å². The van der Waals surface area contributed by atoms with Crippen LogP contribution >= 0.6 is 0 Å². The number of carbonyl (C=O) groups is 1. The molecule has 0 aliphatic carbocycles. The highest BCUT2D eigenvalue weighted by Gasteiger charge is 2.13. The summed E-state index contributed by atoms with van der Waals surface area (Å²) in [5, 5.41) is 6.73. The highest BCUT2D eigenvalue weighted by Crippen LogP contribution is 2.30. The van der Waals surface area contributed by atoms with Crippen LogP contribution in [0.15, 0.2) is 49.1 Å². The number of pyridine rings is 2. The summed E-state index contributed by atoms with van der Waals surface area (Å²) in [6.07, 6.45) is 8.17. The van der Waals surface area contributed by atoms with E-state index in [1.54, 1.807) is 24.8 Å². The van der Waals surface area contributed by atoms with Crippen LogP contribution in [0, 0.1) is 0 Å². The van der Waals surface area contributed by atoms with E-state index >= 15 is 0 Å². The molecule has 3 aromatic rings. The molecule has 98 valence electrons. The van der Waals surface area contributed by atoms with Crippen molar-refractivity contribution in [2.24, 2.45) is 0 Å². The molecule has 3 rings (SSSR count). The standard InChI is InChI=1S/C15H12N4O/c20-8-5-11-3-1-6-16-14(11)13-4-2-7-17-15(13)12-9-18-19-10-12/h1-4,6-10H,5H2,(H,18,19). The highest BCUT2D eigenvalue weighted by atomic mass is 16.1. The van der Waals surface area contributed by atoms with Crippen LogP contribution in [0.2, 0.25) is 0 Å². The molecule has 0 fully saturated rings. The molecule has 5 heteroatoms. The minimum absolute atomic E-state index is 0.336. The van der Waals surface area contributed by atoms with Crippen molar-refractivity contribution in [3.63, 3.8) is 0 Å². The topological polar surface area (TPSA) is 71.5 Å². The second kappa shape index (κ2) is 5.44. The van der Waals surface area contributed by atoms with E-state index < -0.39 is 0 Å². The van der Waals surface area contributed by atoms with Gasteiger partial charge in [-0.3, -0.25) is 15.1 Å². The number of rotatable bonds is 4. The van der Waals surface area contributed by atoms with Crippen molar-refractivity contribution in [3.8, 4) is 22.5 Å². The minimum atomic E-state index is 0.336. The Labute approximate surface area is 115 Å². The molecular weight excluding hydrogens is 252 g/mol. The monoisotopic (exact) mass is 264 g/mol. The van der Waals surface area contributed by atoms with Gasteiger partial charge in [-0.25, -0.2) is 0 Å². The number of nitrogens with one attached hydrogen (secondary N) is 1. The van der Waals surface area contributed by atoms with Crippen LogP contribution in [-0.2, 0) is 11.2 Å². The van der Waals surface area contributed by atoms with Gasteiger partial charge in [0.25, 0.3) is 0 Å². The van der Waals surface area contributed by atoms with Crippen LogP contribution in [0.4, 0.5) is 0 Å². The minimum Gasteiger partial charge on any atom is -0.303 e. The molecule has 0 atom stereocenters. The number of aromatic nitrogens is 4. The van der Waals surface area contributed by atoms with Crippen molar-refractivity contribution < 1.29 is 4.79 Å². The molecule has 3 heterocycles. The number of H-pyrrole nitrogens is 1. The Morgan fingerprint density at radius 2 is 1.90 bits per heavy atom. The summed E-state index contributed by atoms with van der Waals surface area (Å²) in [4.78, 5) is 19.6. The summed E-state index contributed by atoms with van der Waals surface area (Å²) < 4.78 is 0. The molecule has 3 aromatic heterocycles. The molecule has 0 aliphatic heterocycles. The fourth-order valence-corrected chi connectivity index (χ4v) is 2.14. The molecule has 0 radical (unpaired) electrons. The second-order valence-electron chi connectivity index (χ2n) is 4.27. The summed E-state index contributed by atoms with van der Waals surface area (Å²) in [5.74, 6) is 0. The molecule has 0 saturated heterocycles. The van der Waals surface area contributed by atoms with E-state index in [0.29, 0.717) is 6.42 Å². The van der Waals surface area contributed by atoms with Gasteiger partial charge >= 0.3 is 0 Å². The lowest BCUT2D eigenvalue weighted by Gasteiger charge is -2.09. The van der Waals surface area contributed by atoms with Crippen LogP contribution in [0.3, 0.4) is 0 Å². The van der Waals surface area contributed by atoms with Crippen molar-refractivity contribution in [1.29, 1.82) is 0 Å². The third-order valence-electron chi connectivity index (χ3n) is 3.03. The van der Waals surface area contributed by atoms with Crippen molar-refractivity contribution >= 4 is 6.29 Å². The summed E-state index contributed by atoms with van der Waals surface area (Å²) in [5.41, 5.74) is 4.26. The van der Waals surface area contributed by atoms with Gasteiger partial charge in [0.05, 0.1) is 17.6 Å². The van der Waals surface area contributed by atoms with Crippen molar-refractivity contribution in [1.82, 2.24) is 20.2 Å². The summed E-state index contributed by atoms with van der Waals surface area (Å²) in [6.45, 7) is 0. The molecule has 20 heavy (non-hydrogen) atoms. The highest BCUT2D eigenvalue weighted by molar-refractivity contribution is 5.80. The Morgan fingerprint density at radius 1 is 1.10 bits per heavy atom. The van der Waals surface area contributed by atoms with Crippen molar-refractivity contribution in [2.75, 3.05) is 0 Å². The lowest BCUT2D eigenvalue weighted by atomic mass is 10.0. The molecule has 5 nitrogen and oxygen atoms in total. The van der Waals surface area contributed by atoms with Crippen LogP contribution < -0.4 is 0 Å². The number of hydrogen-bond acceptors (Lipinski definition) is 4. The number of nitrogens with zero attached hydrogens (tertiary/aromatic N) is 3. The van der Waals surface area contributed by atoms with E-state index in [4.69, 9.17) is 0 Å². The van der Waals surface area contributed by atoms with Gasteiger partial charge in [0.15, 0.2) is 0 Å². The average Bonchev–Trinajstić information content (AvgIpc) is 3.02. The zero-order valence-corrected chi connectivity index (χ0v) is 10.7. The molecule has 0 aliphatic rings. The largest absolute Gasteiger partial charge is 0.303 e. The maximum Gasteiger partial charge on any atom is 0.124 e. The van der Waals surface area contributed by atoms with E-state index in [1.807, 2.05) is 24.3 Å². The fourth-order valence-electron chi connectivity index (χ4n) is 2.14. The molecule has 0 bridgehead atoms. The van der Waals surface area contributed by atoms with Crippen LogP contribution in [0.25, 0.3) is 22.5 Å². The van der Waals surface area contributed by atoms with Gasteiger partial charge < -0.3 is 4.79 Å². The Bertz CT molecular complexity index is 722. The first kappa shape index (κ1) is 12.2. The van der Waals surface area contributed by atoms with E-state index in [0.717, 1.165) is 34.4 Å². The second-order valence-corrected chi connectivity index (χ2v) is 4.27. The van der Waals surface area contributed by atoms with Gasteiger partial charge in [0.2, 0.25) is 0 Å². The molecule has 0 unspecified atom stereocenters. The van der Waals surface area contributed by atoms with Crippen LogP contribution in [0.1, 0.15) is 5.56 Å². The molecular formula is C15H12N4O. The zero-order valence-electron chi connectivity index (χ0n) is 10.7. The van der Waals surface area contributed by atoms with Crippen molar-refractivity contribution in [2.45, 2.75) is 6.42 Å². The number of hydrogen-bond donors (Lipinski definition) is 1. The van der Waals surface area contributed by atoms with Gasteiger partial charge in [-0.2, -0.15) is 5.10 Å². The lowest BCUT2D eigenvalue weighted by Crippen LogP contribution is -1.96. The van der Waals surface area contributed by atoms with Gasteiger partial charge in [0.1, 0.15) is 6.29 Å². The predicted octanol–water partition coefficient (Wildman–Crippen LogP) is 2.28. The van der Waals surface area contributed by atoms with E-state index in [-0.39, 0.29) is 0 Å². The summed E-state index contributed by atoms with van der Waals surface area (Å²) in [7, 11) is 0. The number of aldehydes is 1. The zero-order chi connectivity index (χ0) is 13.8. The number of carbonyl (C=O) groups excluding carboxylic acids is 1. The van der Waals surface area contributed by atoms with Gasteiger partial charge in [-0.05, 0) is 23.8 Å². The smallest absolute Gasteiger partial charge is 0.124 e. The van der Waals surface area contributed by atoms with Crippen molar-refractivity contribution in [3.05, 3.63) is 54.6 Å². The molecule has 0 saturated carbocycles. The Hall–Kier alpha value is -2.82. The summed E-state index contributed by atoms with van der Waals surface area (Å²) in [6, 6.07) is 7.55. The maximum absolute atomic E-state index is 10.8. The third-order valence-corrected chi connectivity index (χ3v) is 3.03. The number of aromatic amines is 1. The Kier molecular flexibility index (Phi) is 3.33. The van der Waals surface area contributed by atoms with E-state index in [9.17, 15) is 4.79 Å². The average molecular weight is 264 g/mol. The lowest BCUT2D eigenvalue weighted by molar-refractivity contribution is -0.107. The molecule has 0 aromatic carbocycles.